The number of aromatic nitrogens is 3. The fourth-order valence-electron chi connectivity index (χ4n) is 2.01. The molecule has 0 bridgehead atoms. The highest BCUT2D eigenvalue weighted by Gasteiger charge is 2.16. The van der Waals surface area contributed by atoms with Gasteiger partial charge in [0.25, 0.3) is 5.91 Å². The smallest absolute Gasteiger partial charge is 0.259 e. The van der Waals surface area contributed by atoms with Crippen LogP contribution in [-0.4, -0.2) is 28.2 Å². The number of amides is 1. The molecule has 7 nitrogen and oxygen atoms in total. The predicted octanol–water partition coefficient (Wildman–Crippen LogP) is 3.33. The lowest BCUT2D eigenvalue weighted by Gasteiger charge is -2.10. The number of pyridine rings is 1. The number of carbonyl (C=O) groups is 1. The second kappa shape index (κ2) is 7.71. The van der Waals surface area contributed by atoms with Crippen molar-refractivity contribution in [3.05, 3.63) is 59.2 Å². The van der Waals surface area contributed by atoms with Gasteiger partial charge in [-0.05, 0) is 25.1 Å². The first-order chi connectivity index (χ1) is 12.2. The van der Waals surface area contributed by atoms with Crippen molar-refractivity contribution in [2.45, 2.75) is 13.0 Å². The minimum absolute atomic E-state index is 0.270. The lowest BCUT2D eigenvalue weighted by atomic mass is 10.3. The molecule has 1 N–H and O–H groups in total. The zero-order valence-electron chi connectivity index (χ0n) is 13.7. The van der Waals surface area contributed by atoms with E-state index in [0.29, 0.717) is 21.6 Å². The molecule has 0 fully saturated rings. The molecule has 0 saturated heterocycles. The third-order valence-electron chi connectivity index (χ3n) is 3.27. The molecule has 128 valence electrons. The third kappa shape index (κ3) is 4.30. The van der Waals surface area contributed by atoms with E-state index in [1.54, 1.807) is 12.1 Å². The quantitative estimate of drug-likeness (QED) is 0.729. The highest BCUT2D eigenvalue weighted by molar-refractivity contribution is 7.15. The van der Waals surface area contributed by atoms with Crippen LogP contribution < -0.4 is 14.8 Å². The van der Waals surface area contributed by atoms with Crippen LogP contribution in [-0.2, 0) is 0 Å². The SMILES string of the molecule is COc1ccc(C(=O)Nc2nnc([C@@H](C)Oc3ccccc3)s2)cn1. The maximum absolute atomic E-state index is 12.2. The van der Waals surface area contributed by atoms with Gasteiger partial charge in [-0.25, -0.2) is 4.98 Å². The summed E-state index contributed by atoms with van der Waals surface area (Å²) in [5.41, 5.74) is 0.408. The summed E-state index contributed by atoms with van der Waals surface area (Å²) in [5.74, 6) is 0.885. The number of para-hydroxylation sites is 1. The predicted molar refractivity (Wildman–Crippen MR) is 94.1 cm³/mol. The summed E-state index contributed by atoms with van der Waals surface area (Å²) in [6.45, 7) is 1.88. The zero-order valence-corrected chi connectivity index (χ0v) is 14.5. The number of ether oxygens (including phenoxy) is 2. The monoisotopic (exact) mass is 356 g/mol. The number of nitrogens with zero attached hydrogens (tertiary/aromatic N) is 3. The lowest BCUT2D eigenvalue weighted by Crippen LogP contribution is -2.12. The Hall–Kier alpha value is -3.00. The van der Waals surface area contributed by atoms with Crippen molar-refractivity contribution in [1.82, 2.24) is 15.2 Å². The fourth-order valence-corrected chi connectivity index (χ4v) is 2.73. The molecule has 3 aromatic rings. The molecule has 0 radical (unpaired) electrons. The van der Waals surface area contributed by atoms with Crippen LogP contribution in [0.1, 0.15) is 28.4 Å². The van der Waals surface area contributed by atoms with Gasteiger partial charge in [0.05, 0.1) is 12.7 Å². The molecule has 8 heteroatoms. The summed E-state index contributed by atoms with van der Waals surface area (Å²) in [4.78, 5) is 16.2. The number of carbonyl (C=O) groups excluding carboxylic acids is 1. The number of nitrogens with one attached hydrogen (secondary N) is 1. The van der Waals surface area contributed by atoms with Crippen molar-refractivity contribution < 1.29 is 14.3 Å². The van der Waals surface area contributed by atoms with Crippen molar-refractivity contribution in [1.29, 1.82) is 0 Å². The Morgan fingerprint density at radius 2 is 1.96 bits per heavy atom. The summed E-state index contributed by atoms with van der Waals surface area (Å²) in [6, 6.07) is 12.7. The minimum atomic E-state index is -0.311. The van der Waals surface area contributed by atoms with Gasteiger partial charge < -0.3 is 9.47 Å². The van der Waals surface area contributed by atoms with Crippen molar-refractivity contribution in [3.63, 3.8) is 0 Å². The maximum atomic E-state index is 12.2. The largest absolute Gasteiger partial charge is 0.483 e. The summed E-state index contributed by atoms with van der Waals surface area (Å²) >= 11 is 1.27. The van der Waals surface area contributed by atoms with Crippen molar-refractivity contribution in [2.75, 3.05) is 12.4 Å². The Balaban J connectivity index is 1.63. The second-order valence-electron chi connectivity index (χ2n) is 5.06. The van der Waals surface area contributed by atoms with Gasteiger partial charge in [-0.1, -0.05) is 29.5 Å². The Labute approximate surface area is 148 Å². The first-order valence-electron chi connectivity index (χ1n) is 7.52. The van der Waals surface area contributed by atoms with E-state index in [2.05, 4.69) is 20.5 Å². The molecule has 2 heterocycles. The normalized spacial score (nSPS) is 11.6. The van der Waals surface area contributed by atoms with Crippen LogP contribution in [0.5, 0.6) is 11.6 Å². The molecular formula is C17H16N4O3S. The summed E-state index contributed by atoms with van der Waals surface area (Å²) in [5, 5.41) is 11.8. The van der Waals surface area contributed by atoms with Crippen LogP contribution in [0.2, 0.25) is 0 Å². The fraction of sp³-hybridized carbons (Fsp3) is 0.176. The average Bonchev–Trinajstić information content (AvgIpc) is 3.11. The molecule has 0 spiro atoms. The van der Waals surface area contributed by atoms with Gasteiger partial charge >= 0.3 is 0 Å². The number of hydrogen-bond donors (Lipinski definition) is 1. The highest BCUT2D eigenvalue weighted by atomic mass is 32.1. The summed E-state index contributed by atoms with van der Waals surface area (Å²) in [6.07, 6.45) is 1.17. The molecule has 1 atom stereocenters. The third-order valence-corrected chi connectivity index (χ3v) is 4.27. The van der Waals surface area contributed by atoms with Crippen LogP contribution in [0.3, 0.4) is 0 Å². The number of anilines is 1. The van der Waals surface area contributed by atoms with Crippen molar-refractivity contribution >= 4 is 22.4 Å². The minimum Gasteiger partial charge on any atom is -0.483 e. The Bertz CT molecular complexity index is 837. The first-order valence-corrected chi connectivity index (χ1v) is 8.34. The second-order valence-corrected chi connectivity index (χ2v) is 6.07. The number of methoxy groups -OCH3 is 1. The van der Waals surface area contributed by atoms with E-state index in [9.17, 15) is 4.79 Å². The van der Waals surface area contributed by atoms with E-state index in [1.807, 2.05) is 37.3 Å². The Kier molecular flexibility index (Phi) is 5.20. The molecule has 25 heavy (non-hydrogen) atoms. The number of rotatable bonds is 6. The van der Waals surface area contributed by atoms with Crippen LogP contribution >= 0.6 is 11.3 Å². The van der Waals surface area contributed by atoms with Crippen LogP contribution in [0.25, 0.3) is 0 Å². The lowest BCUT2D eigenvalue weighted by molar-refractivity contribution is 0.102. The Morgan fingerprint density at radius 1 is 1.16 bits per heavy atom. The molecule has 0 unspecified atom stereocenters. The molecule has 1 aromatic carbocycles. The molecule has 0 saturated carbocycles. The van der Waals surface area contributed by atoms with E-state index in [0.717, 1.165) is 5.75 Å². The van der Waals surface area contributed by atoms with Gasteiger partial charge in [0.2, 0.25) is 11.0 Å². The first kappa shape index (κ1) is 16.8. The van der Waals surface area contributed by atoms with E-state index in [1.165, 1.54) is 24.6 Å². The van der Waals surface area contributed by atoms with Gasteiger partial charge in [-0.3, -0.25) is 10.1 Å². The standard InChI is InChI=1S/C17H16N4O3S/c1-11(24-13-6-4-3-5-7-13)16-20-21-17(25-16)19-15(22)12-8-9-14(23-2)18-10-12/h3-11H,1-2H3,(H,19,21,22)/t11-/m1/s1. The topological polar surface area (TPSA) is 86.2 Å². The zero-order chi connectivity index (χ0) is 17.6. The average molecular weight is 356 g/mol. The van der Waals surface area contributed by atoms with E-state index in [4.69, 9.17) is 9.47 Å². The van der Waals surface area contributed by atoms with Crippen LogP contribution in [0.15, 0.2) is 48.7 Å². The van der Waals surface area contributed by atoms with E-state index in [-0.39, 0.29) is 12.0 Å². The van der Waals surface area contributed by atoms with E-state index >= 15 is 0 Å². The van der Waals surface area contributed by atoms with Crippen LogP contribution in [0, 0.1) is 0 Å². The molecule has 1 amide bonds. The number of benzene rings is 1. The van der Waals surface area contributed by atoms with Crippen LogP contribution in [0.4, 0.5) is 5.13 Å². The van der Waals surface area contributed by atoms with Gasteiger partial charge in [0, 0.05) is 12.3 Å². The van der Waals surface area contributed by atoms with E-state index < -0.39 is 0 Å². The molecule has 2 aromatic heterocycles. The van der Waals surface area contributed by atoms with Gasteiger partial charge in [0.1, 0.15) is 11.9 Å². The molecule has 0 aliphatic carbocycles. The summed E-state index contributed by atoms with van der Waals surface area (Å²) in [7, 11) is 1.52. The van der Waals surface area contributed by atoms with Crippen molar-refractivity contribution in [2.24, 2.45) is 0 Å². The van der Waals surface area contributed by atoms with Gasteiger partial charge in [-0.15, -0.1) is 10.2 Å². The maximum Gasteiger partial charge on any atom is 0.259 e. The number of hydrogen-bond acceptors (Lipinski definition) is 7. The molecular weight excluding hydrogens is 340 g/mol. The van der Waals surface area contributed by atoms with Gasteiger partial charge in [0.15, 0.2) is 5.01 Å². The molecule has 0 aliphatic rings. The highest BCUT2D eigenvalue weighted by Crippen LogP contribution is 2.26. The summed E-state index contributed by atoms with van der Waals surface area (Å²) < 4.78 is 10.8. The molecule has 0 aliphatic heterocycles. The molecule has 3 rings (SSSR count). The Morgan fingerprint density at radius 3 is 2.64 bits per heavy atom. The van der Waals surface area contributed by atoms with Crippen molar-refractivity contribution in [3.8, 4) is 11.6 Å². The van der Waals surface area contributed by atoms with Gasteiger partial charge in [-0.2, -0.15) is 0 Å².